The molecule has 202 valence electrons. The first-order valence-corrected chi connectivity index (χ1v) is 12.4. The van der Waals surface area contributed by atoms with Gasteiger partial charge in [-0.25, -0.2) is 14.8 Å². The number of methoxy groups -OCH3 is 1. The molecule has 0 radical (unpaired) electrons. The third-order valence-electron chi connectivity index (χ3n) is 5.75. The number of imidazole rings is 1. The number of carboxylic acid groups (broad SMARTS) is 1. The number of pyridine rings is 1. The summed E-state index contributed by atoms with van der Waals surface area (Å²) in [5.74, 6) is 0.673. The minimum absolute atomic E-state index is 0.0000300. The maximum atomic E-state index is 12.9. The van der Waals surface area contributed by atoms with E-state index in [1.807, 2.05) is 13.0 Å². The lowest BCUT2D eigenvalue weighted by Gasteiger charge is -2.19. The lowest BCUT2D eigenvalue weighted by molar-refractivity contribution is -0.137. The molecule has 0 aliphatic carbocycles. The number of H-pyrrole nitrogens is 1. The lowest BCUT2D eigenvalue weighted by Crippen LogP contribution is -2.31. The number of carbonyl (C=O) groups is 3. The van der Waals surface area contributed by atoms with Gasteiger partial charge in [-0.15, -0.1) is 0 Å². The number of anilines is 2. The molecule has 11 heteroatoms. The second kappa shape index (κ2) is 13.2. The van der Waals surface area contributed by atoms with Gasteiger partial charge < -0.3 is 25.5 Å². The van der Waals surface area contributed by atoms with Crippen molar-refractivity contribution in [3.8, 4) is 5.75 Å². The van der Waals surface area contributed by atoms with Gasteiger partial charge in [0.2, 0.25) is 5.91 Å². The van der Waals surface area contributed by atoms with Crippen molar-refractivity contribution in [2.24, 2.45) is 5.92 Å². The number of rotatable bonds is 12. The van der Waals surface area contributed by atoms with E-state index < -0.39 is 12.0 Å². The van der Waals surface area contributed by atoms with Crippen LogP contribution in [0.5, 0.6) is 5.75 Å². The normalized spacial score (nSPS) is 11.6. The van der Waals surface area contributed by atoms with E-state index in [9.17, 15) is 14.4 Å². The van der Waals surface area contributed by atoms with Crippen molar-refractivity contribution in [1.82, 2.24) is 20.3 Å². The molecule has 0 saturated heterocycles. The van der Waals surface area contributed by atoms with Crippen molar-refractivity contribution in [3.63, 3.8) is 0 Å². The quantitative estimate of drug-likeness (QED) is 0.238. The summed E-state index contributed by atoms with van der Waals surface area (Å²) in [5, 5.41) is 17.4. The molecule has 2 heterocycles. The van der Waals surface area contributed by atoms with E-state index in [0.717, 1.165) is 5.56 Å². The van der Waals surface area contributed by atoms with Crippen molar-refractivity contribution in [2.75, 3.05) is 17.7 Å². The largest absolute Gasteiger partial charge is 0.495 e. The third kappa shape index (κ3) is 8.32. The number of nitrogens with zero attached hydrogens (tertiary/aromatic N) is 2. The highest BCUT2D eigenvalue weighted by Gasteiger charge is 2.20. The standard InChI is InChI=1S/C27H34N6O5/c1-16(2)12-21(26-29-15-19(30-26)8-10-24(35)36)31-23(34)14-18-7-9-20(22(13-18)38-4)32-27(37)33-25-17(3)6-5-11-28-25/h5-7,9,11,13,15-16,21H,8,10,12,14H2,1-4H3,(H,29,30)(H,31,34)(H,35,36)(H2,28,32,33,37). The van der Waals surface area contributed by atoms with Crippen LogP contribution in [-0.2, 0) is 22.4 Å². The SMILES string of the molecule is COc1cc(CC(=O)NC(CC(C)C)c2ncc(CCC(=O)O)[nH]2)ccc1NC(=O)Nc1ncccc1C. The first-order valence-electron chi connectivity index (χ1n) is 12.4. The molecule has 1 unspecified atom stereocenters. The molecule has 3 amide bonds. The van der Waals surface area contributed by atoms with Gasteiger partial charge in [0, 0.05) is 18.1 Å². The predicted octanol–water partition coefficient (Wildman–Crippen LogP) is 4.23. The van der Waals surface area contributed by atoms with Gasteiger partial charge in [-0.1, -0.05) is 26.0 Å². The van der Waals surface area contributed by atoms with Gasteiger partial charge in [0.05, 0.1) is 31.7 Å². The summed E-state index contributed by atoms with van der Waals surface area (Å²) in [6.07, 6.45) is 4.30. The zero-order chi connectivity index (χ0) is 27.7. The average Bonchev–Trinajstić information content (AvgIpc) is 3.33. The van der Waals surface area contributed by atoms with E-state index in [1.54, 1.807) is 36.7 Å². The molecule has 5 N–H and O–H groups in total. The molecule has 0 spiro atoms. The van der Waals surface area contributed by atoms with Crippen LogP contribution in [0, 0.1) is 12.8 Å². The Hall–Kier alpha value is -4.41. The van der Waals surface area contributed by atoms with Crippen LogP contribution in [-0.4, -0.2) is 45.1 Å². The highest BCUT2D eigenvalue weighted by molar-refractivity contribution is 6.00. The first kappa shape index (κ1) is 28.2. The Labute approximate surface area is 221 Å². The number of aryl methyl sites for hydroxylation is 2. The second-order valence-corrected chi connectivity index (χ2v) is 9.40. The number of amides is 3. The molecule has 38 heavy (non-hydrogen) atoms. The summed E-state index contributed by atoms with van der Waals surface area (Å²) >= 11 is 0. The Morgan fingerprint density at radius 3 is 2.61 bits per heavy atom. The molecule has 1 atom stereocenters. The average molecular weight is 523 g/mol. The number of urea groups is 1. The predicted molar refractivity (Wildman–Crippen MR) is 143 cm³/mol. The number of aliphatic carboxylic acids is 1. The van der Waals surface area contributed by atoms with E-state index in [4.69, 9.17) is 9.84 Å². The fourth-order valence-corrected chi connectivity index (χ4v) is 3.89. The van der Waals surface area contributed by atoms with Crippen LogP contribution in [0.25, 0.3) is 0 Å². The van der Waals surface area contributed by atoms with Crippen LogP contribution in [0.4, 0.5) is 16.3 Å². The number of nitrogens with one attached hydrogen (secondary N) is 4. The van der Waals surface area contributed by atoms with E-state index >= 15 is 0 Å². The number of aromatic amines is 1. The molecule has 3 rings (SSSR count). The Morgan fingerprint density at radius 2 is 1.92 bits per heavy atom. The van der Waals surface area contributed by atoms with Crippen molar-refractivity contribution in [2.45, 2.75) is 52.5 Å². The summed E-state index contributed by atoms with van der Waals surface area (Å²) in [7, 11) is 1.49. The molecule has 0 bridgehead atoms. The van der Waals surface area contributed by atoms with E-state index in [-0.39, 0.29) is 24.8 Å². The van der Waals surface area contributed by atoms with Gasteiger partial charge in [-0.05, 0) is 55.0 Å². The van der Waals surface area contributed by atoms with Crippen LogP contribution in [0.3, 0.4) is 0 Å². The molecule has 1 aromatic carbocycles. The maximum absolute atomic E-state index is 12.9. The first-order chi connectivity index (χ1) is 18.1. The molecule has 2 aromatic heterocycles. The minimum Gasteiger partial charge on any atom is -0.495 e. The Kier molecular flexibility index (Phi) is 9.80. The fraction of sp³-hybridized carbons (Fsp3) is 0.370. The summed E-state index contributed by atoms with van der Waals surface area (Å²) < 4.78 is 5.44. The number of carbonyl (C=O) groups excluding carboxylic acids is 2. The topological polar surface area (TPSA) is 158 Å². The fourth-order valence-electron chi connectivity index (χ4n) is 3.89. The number of carboxylic acids is 1. The maximum Gasteiger partial charge on any atom is 0.324 e. The summed E-state index contributed by atoms with van der Waals surface area (Å²) in [5.41, 5.74) is 2.69. The van der Waals surface area contributed by atoms with Gasteiger partial charge in [-0.3, -0.25) is 14.9 Å². The van der Waals surface area contributed by atoms with E-state index in [0.29, 0.717) is 53.1 Å². The molecule has 0 aliphatic heterocycles. The van der Waals surface area contributed by atoms with Crippen LogP contribution < -0.4 is 20.7 Å². The Bertz CT molecular complexity index is 1270. The molecule has 3 aromatic rings. The second-order valence-electron chi connectivity index (χ2n) is 9.40. The lowest BCUT2D eigenvalue weighted by atomic mass is 10.0. The number of benzene rings is 1. The van der Waals surface area contributed by atoms with Crippen molar-refractivity contribution < 1.29 is 24.2 Å². The molecule has 0 saturated carbocycles. The molecular formula is C27H34N6O5. The zero-order valence-corrected chi connectivity index (χ0v) is 22.0. The van der Waals surface area contributed by atoms with Gasteiger partial charge in [-0.2, -0.15) is 0 Å². The molecule has 0 fully saturated rings. The van der Waals surface area contributed by atoms with Crippen molar-refractivity contribution in [3.05, 3.63) is 65.4 Å². The van der Waals surface area contributed by atoms with Crippen LogP contribution in [0.2, 0.25) is 0 Å². The van der Waals surface area contributed by atoms with Gasteiger partial charge >= 0.3 is 12.0 Å². The highest BCUT2D eigenvalue weighted by atomic mass is 16.5. The Morgan fingerprint density at radius 1 is 1.13 bits per heavy atom. The van der Waals surface area contributed by atoms with Gasteiger partial charge in [0.1, 0.15) is 17.4 Å². The summed E-state index contributed by atoms with van der Waals surface area (Å²) in [6, 6.07) is 7.96. The smallest absolute Gasteiger partial charge is 0.324 e. The van der Waals surface area contributed by atoms with Crippen LogP contribution >= 0.6 is 0 Å². The number of hydrogen-bond acceptors (Lipinski definition) is 6. The Balaban J connectivity index is 1.64. The van der Waals surface area contributed by atoms with Gasteiger partial charge in [0.25, 0.3) is 0 Å². The zero-order valence-electron chi connectivity index (χ0n) is 22.0. The van der Waals surface area contributed by atoms with Crippen LogP contribution in [0.15, 0.2) is 42.7 Å². The third-order valence-corrected chi connectivity index (χ3v) is 5.75. The van der Waals surface area contributed by atoms with E-state index in [1.165, 1.54) is 7.11 Å². The number of hydrogen-bond donors (Lipinski definition) is 5. The highest BCUT2D eigenvalue weighted by Crippen LogP contribution is 2.27. The molecular weight excluding hydrogens is 488 g/mol. The van der Waals surface area contributed by atoms with Crippen LogP contribution in [0.1, 0.15) is 55.4 Å². The van der Waals surface area contributed by atoms with Gasteiger partial charge in [0.15, 0.2) is 0 Å². The van der Waals surface area contributed by atoms with Crippen molar-refractivity contribution >= 4 is 29.4 Å². The van der Waals surface area contributed by atoms with E-state index in [2.05, 4.69) is 44.7 Å². The minimum atomic E-state index is -0.881. The number of ether oxygens (including phenoxy) is 1. The van der Waals surface area contributed by atoms with Crippen molar-refractivity contribution in [1.29, 1.82) is 0 Å². The molecule has 11 nitrogen and oxygen atoms in total. The summed E-state index contributed by atoms with van der Waals surface area (Å²) in [4.78, 5) is 47.9. The number of aromatic nitrogens is 3. The molecule has 0 aliphatic rings. The summed E-state index contributed by atoms with van der Waals surface area (Å²) in [6.45, 7) is 5.95. The monoisotopic (exact) mass is 522 g/mol.